The van der Waals surface area contributed by atoms with Crippen molar-refractivity contribution in [3.63, 3.8) is 0 Å². The molecule has 104 valence electrons. The highest BCUT2D eigenvalue weighted by molar-refractivity contribution is 5.92. The lowest BCUT2D eigenvalue weighted by atomic mass is 9.76. The summed E-state index contributed by atoms with van der Waals surface area (Å²) in [4.78, 5) is 23.8. The van der Waals surface area contributed by atoms with Crippen LogP contribution < -0.4 is 5.73 Å². The summed E-state index contributed by atoms with van der Waals surface area (Å²) in [6.07, 6.45) is 6.61. The summed E-state index contributed by atoms with van der Waals surface area (Å²) < 4.78 is 5.50. The first-order chi connectivity index (χ1) is 8.90. The van der Waals surface area contributed by atoms with Gasteiger partial charge >= 0.3 is 5.97 Å². The number of carbonyl (C=O) groups is 2. The predicted molar refractivity (Wildman–Crippen MR) is 72.0 cm³/mol. The van der Waals surface area contributed by atoms with Crippen LogP contribution in [0.25, 0.3) is 0 Å². The van der Waals surface area contributed by atoms with Crippen LogP contribution in [0.3, 0.4) is 0 Å². The molecule has 0 aliphatic heterocycles. The fourth-order valence-electron chi connectivity index (χ4n) is 3.39. The maximum absolute atomic E-state index is 12.0. The summed E-state index contributed by atoms with van der Waals surface area (Å²) in [6.45, 7) is 6.98. The lowest BCUT2D eigenvalue weighted by Crippen LogP contribution is -2.54. The van der Waals surface area contributed by atoms with E-state index in [-0.39, 0.29) is 17.4 Å². The molecule has 2 N–H and O–H groups in total. The number of ether oxygens (including phenoxy) is 1. The number of hydrogen-bond acceptors (Lipinski definition) is 3. The van der Waals surface area contributed by atoms with E-state index in [1.807, 2.05) is 6.92 Å². The predicted octanol–water partition coefficient (Wildman–Crippen LogP) is 1.95. The monoisotopic (exact) mass is 263 g/mol. The Morgan fingerprint density at radius 1 is 1.42 bits per heavy atom. The van der Waals surface area contributed by atoms with E-state index in [9.17, 15) is 9.59 Å². The number of esters is 1. The summed E-state index contributed by atoms with van der Waals surface area (Å²) in [7, 11) is 0. The third kappa shape index (κ3) is 2.20. The molecule has 1 fully saturated rings. The Morgan fingerprint density at radius 3 is 2.47 bits per heavy atom. The highest BCUT2D eigenvalue weighted by Gasteiger charge is 2.54. The van der Waals surface area contributed by atoms with E-state index < -0.39 is 17.5 Å². The van der Waals surface area contributed by atoms with E-state index in [1.54, 1.807) is 6.92 Å². The molecule has 0 heterocycles. The van der Waals surface area contributed by atoms with Gasteiger partial charge in [-0.3, -0.25) is 4.79 Å². The van der Waals surface area contributed by atoms with E-state index in [0.717, 1.165) is 12.8 Å². The third-order valence-corrected chi connectivity index (χ3v) is 4.44. The molecule has 1 amide bonds. The maximum atomic E-state index is 12.0. The SMILES string of the molecule is C=C(C)C(=O)OC(CC)(C(N)=O)C1CC2C=CC1C2. The van der Waals surface area contributed by atoms with Gasteiger partial charge in [-0.25, -0.2) is 4.79 Å². The van der Waals surface area contributed by atoms with Gasteiger partial charge in [0.05, 0.1) is 0 Å². The lowest BCUT2D eigenvalue weighted by Gasteiger charge is -2.38. The molecule has 0 spiro atoms. The van der Waals surface area contributed by atoms with Gasteiger partial charge in [-0.1, -0.05) is 25.7 Å². The average molecular weight is 263 g/mol. The van der Waals surface area contributed by atoms with Crippen LogP contribution in [-0.4, -0.2) is 17.5 Å². The molecule has 2 aliphatic carbocycles. The van der Waals surface area contributed by atoms with E-state index >= 15 is 0 Å². The molecule has 1 saturated carbocycles. The van der Waals surface area contributed by atoms with Crippen LogP contribution in [0.4, 0.5) is 0 Å². The van der Waals surface area contributed by atoms with Crippen molar-refractivity contribution in [3.05, 3.63) is 24.3 Å². The first-order valence-electron chi connectivity index (χ1n) is 6.77. The second-order valence-electron chi connectivity index (χ2n) is 5.66. The van der Waals surface area contributed by atoms with Crippen LogP contribution in [0.5, 0.6) is 0 Å². The molecule has 2 rings (SSSR count). The molecule has 19 heavy (non-hydrogen) atoms. The number of rotatable bonds is 5. The van der Waals surface area contributed by atoms with Gasteiger partial charge in [0.1, 0.15) is 0 Å². The van der Waals surface area contributed by atoms with Crippen LogP contribution >= 0.6 is 0 Å². The Hall–Kier alpha value is -1.58. The summed E-state index contributed by atoms with van der Waals surface area (Å²) >= 11 is 0. The van der Waals surface area contributed by atoms with Gasteiger partial charge < -0.3 is 10.5 Å². The minimum atomic E-state index is -1.19. The largest absolute Gasteiger partial charge is 0.445 e. The molecule has 0 aromatic rings. The number of fused-ring (bicyclic) bond motifs is 2. The highest BCUT2D eigenvalue weighted by Crippen LogP contribution is 2.50. The zero-order valence-electron chi connectivity index (χ0n) is 11.5. The van der Waals surface area contributed by atoms with Crippen molar-refractivity contribution >= 4 is 11.9 Å². The number of allylic oxidation sites excluding steroid dienone is 2. The topological polar surface area (TPSA) is 69.4 Å². The van der Waals surface area contributed by atoms with Crippen molar-refractivity contribution in [1.29, 1.82) is 0 Å². The normalized spacial score (nSPS) is 30.9. The fraction of sp³-hybridized carbons (Fsp3) is 0.600. The molecule has 0 saturated heterocycles. The van der Waals surface area contributed by atoms with E-state index in [4.69, 9.17) is 10.5 Å². The second-order valence-corrected chi connectivity index (χ2v) is 5.66. The molecular formula is C15H21NO3. The number of hydrogen-bond donors (Lipinski definition) is 1. The minimum absolute atomic E-state index is 0.00620. The van der Waals surface area contributed by atoms with Crippen molar-refractivity contribution < 1.29 is 14.3 Å². The number of carbonyl (C=O) groups excluding carboxylic acids is 2. The Bertz CT molecular complexity index is 454. The molecular weight excluding hydrogens is 242 g/mol. The average Bonchev–Trinajstić information content (AvgIpc) is 2.97. The van der Waals surface area contributed by atoms with Gasteiger partial charge in [-0.05, 0) is 38.0 Å². The number of amides is 1. The van der Waals surface area contributed by atoms with Gasteiger partial charge in [-0.15, -0.1) is 0 Å². The van der Waals surface area contributed by atoms with Crippen LogP contribution in [0.2, 0.25) is 0 Å². The maximum Gasteiger partial charge on any atom is 0.334 e. The Kier molecular flexibility index (Phi) is 3.52. The first-order valence-corrected chi connectivity index (χ1v) is 6.77. The van der Waals surface area contributed by atoms with Crippen LogP contribution in [0, 0.1) is 17.8 Å². The molecule has 4 unspecified atom stereocenters. The molecule has 0 radical (unpaired) electrons. The van der Waals surface area contributed by atoms with Crippen LogP contribution in [-0.2, 0) is 14.3 Å². The highest BCUT2D eigenvalue weighted by atomic mass is 16.6. The molecule has 0 aromatic carbocycles. The first kappa shape index (κ1) is 13.8. The van der Waals surface area contributed by atoms with Gasteiger partial charge in [0, 0.05) is 11.5 Å². The van der Waals surface area contributed by atoms with Gasteiger partial charge in [-0.2, -0.15) is 0 Å². The molecule has 2 aliphatic rings. The molecule has 4 nitrogen and oxygen atoms in total. The zero-order chi connectivity index (χ0) is 14.2. The number of primary amides is 1. The lowest BCUT2D eigenvalue weighted by molar-refractivity contribution is -0.172. The molecule has 2 bridgehead atoms. The third-order valence-electron chi connectivity index (χ3n) is 4.44. The van der Waals surface area contributed by atoms with Gasteiger partial charge in [0.15, 0.2) is 5.60 Å². The smallest absolute Gasteiger partial charge is 0.334 e. The van der Waals surface area contributed by atoms with Crippen molar-refractivity contribution in [2.45, 2.75) is 38.7 Å². The summed E-state index contributed by atoms with van der Waals surface area (Å²) in [5.41, 5.74) is 4.67. The Morgan fingerprint density at radius 2 is 2.11 bits per heavy atom. The zero-order valence-corrected chi connectivity index (χ0v) is 11.5. The molecule has 4 atom stereocenters. The van der Waals surface area contributed by atoms with Gasteiger partial charge in [0.25, 0.3) is 5.91 Å². The number of nitrogens with two attached hydrogens (primary N) is 1. The van der Waals surface area contributed by atoms with Crippen LogP contribution in [0.15, 0.2) is 24.3 Å². The van der Waals surface area contributed by atoms with Crippen molar-refractivity contribution in [1.82, 2.24) is 0 Å². The summed E-state index contributed by atoms with van der Waals surface area (Å²) in [5, 5.41) is 0. The van der Waals surface area contributed by atoms with Gasteiger partial charge in [0.2, 0.25) is 0 Å². The van der Waals surface area contributed by atoms with Crippen molar-refractivity contribution in [3.8, 4) is 0 Å². The summed E-state index contributed by atoms with van der Waals surface area (Å²) in [5.74, 6) is -0.310. The second kappa shape index (κ2) is 4.83. The van der Waals surface area contributed by atoms with E-state index in [2.05, 4.69) is 18.7 Å². The molecule has 4 heteroatoms. The summed E-state index contributed by atoms with van der Waals surface area (Å²) in [6, 6.07) is 0. The van der Waals surface area contributed by atoms with Crippen molar-refractivity contribution in [2.24, 2.45) is 23.5 Å². The molecule has 0 aromatic heterocycles. The Labute approximate surface area is 113 Å². The van der Waals surface area contributed by atoms with Crippen LogP contribution in [0.1, 0.15) is 33.1 Å². The quantitative estimate of drug-likeness (QED) is 0.468. The fourth-order valence-corrected chi connectivity index (χ4v) is 3.39. The van der Waals surface area contributed by atoms with E-state index in [0.29, 0.717) is 12.3 Å². The van der Waals surface area contributed by atoms with E-state index in [1.165, 1.54) is 0 Å². The van der Waals surface area contributed by atoms with Crippen molar-refractivity contribution in [2.75, 3.05) is 0 Å². The standard InChI is InChI=1S/C15H21NO3/c1-4-15(14(16)18,19-13(17)9(2)3)12-8-10-5-6-11(12)7-10/h5-6,10-12H,2,4,7-8H2,1,3H3,(H2,16,18). The Balaban J connectivity index is 2.29. The minimum Gasteiger partial charge on any atom is -0.445 e.